The Morgan fingerprint density at radius 3 is 2.46 bits per heavy atom. The summed E-state index contributed by atoms with van der Waals surface area (Å²) in [4.78, 5) is 1.01. The van der Waals surface area contributed by atoms with E-state index in [2.05, 4.69) is 10.2 Å². The number of aryl methyl sites for hydroxylation is 1. The van der Waals surface area contributed by atoms with Gasteiger partial charge in [-0.05, 0) is 63.2 Å². The number of H-pyrrole nitrogens is 1. The van der Waals surface area contributed by atoms with Gasteiger partial charge in [0.25, 0.3) is 0 Å². The van der Waals surface area contributed by atoms with Crippen molar-refractivity contribution >= 4 is 31.7 Å². The van der Waals surface area contributed by atoms with Gasteiger partial charge in [-0.25, -0.2) is 16.9 Å². The maximum atomic E-state index is 13.0. The number of aromatic nitrogens is 2. The molecule has 6 nitrogen and oxygen atoms in total. The third-order valence-electron chi connectivity index (χ3n) is 5.08. The van der Waals surface area contributed by atoms with Crippen molar-refractivity contribution in [2.45, 2.75) is 35.5 Å². The Bertz CT molecular complexity index is 1210. The molecule has 0 aliphatic heterocycles. The quantitative estimate of drug-likeness (QED) is 0.690. The highest BCUT2D eigenvalue weighted by atomic mass is 32.2. The molecule has 0 radical (unpaired) electrons. The second-order valence-corrected chi connectivity index (χ2v) is 11.2. The second-order valence-electron chi connectivity index (χ2n) is 7.56. The summed E-state index contributed by atoms with van der Waals surface area (Å²) < 4.78 is 38.7. The highest BCUT2D eigenvalue weighted by Gasteiger charge is 2.30. The lowest BCUT2D eigenvalue weighted by molar-refractivity contribution is 0.601. The number of aromatic amines is 1. The Morgan fingerprint density at radius 1 is 1.18 bits per heavy atom. The van der Waals surface area contributed by atoms with Crippen LogP contribution in [0.2, 0.25) is 0 Å². The maximum Gasteiger partial charge on any atom is 0.175 e. The van der Waals surface area contributed by atoms with E-state index in [1.807, 2.05) is 18.2 Å². The van der Waals surface area contributed by atoms with E-state index >= 15 is 0 Å². The normalized spacial score (nSPS) is 16.0. The zero-order valence-electron chi connectivity index (χ0n) is 16.3. The third kappa shape index (κ3) is 3.29. The molecule has 1 fully saturated rings. The summed E-state index contributed by atoms with van der Waals surface area (Å²) in [6.07, 6.45) is 3.44. The van der Waals surface area contributed by atoms with Crippen LogP contribution in [0.5, 0.6) is 0 Å². The maximum absolute atomic E-state index is 13.0. The smallest absolute Gasteiger partial charge is 0.175 e. The lowest BCUT2D eigenvalue weighted by Crippen LogP contribution is -2.16. The summed E-state index contributed by atoms with van der Waals surface area (Å²) in [5, 5.41) is 8.62. The molecule has 4 rings (SSSR count). The fraction of sp³-hybridized carbons (Fsp3) is 0.350. The van der Waals surface area contributed by atoms with E-state index in [0.29, 0.717) is 21.3 Å². The van der Waals surface area contributed by atoms with E-state index in [4.69, 9.17) is 0 Å². The highest BCUT2D eigenvalue weighted by Crippen LogP contribution is 2.46. The molecule has 1 unspecified atom stereocenters. The Hall–Kier alpha value is -2.03. The second kappa shape index (κ2) is 6.79. The first-order valence-corrected chi connectivity index (χ1v) is 12.1. The molecule has 0 amide bonds. The lowest BCUT2D eigenvalue weighted by Gasteiger charge is -2.16. The summed E-state index contributed by atoms with van der Waals surface area (Å²) in [5.41, 5.74) is 4.30. The van der Waals surface area contributed by atoms with Crippen molar-refractivity contribution in [3.8, 4) is 11.1 Å². The summed E-state index contributed by atoms with van der Waals surface area (Å²) in [7, 11) is -1.09. The van der Waals surface area contributed by atoms with E-state index in [-0.39, 0.29) is 0 Å². The number of sulfone groups is 1. The molecule has 1 N–H and O–H groups in total. The minimum atomic E-state index is -3.30. The summed E-state index contributed by atoms with van der Waals surface area (Å²) in [6.45, 7) is 1.79. The summed E-state index contributed by atoms with van der Waals surface area (Å²) in [6, 6.07) is 9.06. The number of nitrogens with one attached hydrogen (secondary N) is 1. The third-order valence-corrected chi connectivity index (χ3v) is 7.72. The van der Waals surface area contributed by atoms with Gasteiger partial charge in [0.05, 0.1) is 15.3 Å². The Morgan fingerprint density at radius 2 is 1.89 bits per heavy atom. The molecule has 0 spiro atoms. The van der Waals surface area contributed by atoms with Crippen LogP contribution in [0.3, 0.4) is 0 Å². The number of hydrogen-bond acceptors (Lipinski definition) is 4. The first kappa shape index (κ1) is 19.3. The van der Waals surface area contributed by atoms with Crippen molar-refractivity contribution in [3.05, 3.63) is 41.6 Å². The molecule has 3 aromatic rings. The molecule has 1 heterocycles. The van der Waals surface area contributed by atoms with Crippen molar-refractivity contribution in [3.63, 3.8) is 0 Å². The van der Waals surface area contributed by atoms with Gasteiger partial charge in [-0.1, -0.05) is 12.1 Å². The van der Waals surface area contributed by atoms with Crippen LogP contribution in [-0.4, -0.2) is 47.5 Å². The number of nitrogens with zero attached hydrogens (tertiary/aromatic N) is 2. The average Bonchev–Trinajstić information content (AvgIpc) is 3.38. The van der Waals surface area contributed by atoms with Crippen LogP contribution >= 0.6 is 0 Å². The van der Waals surface area contributed by atoms with E-state index in [0.717, 1.165) is 40.6 Å². The first-order valence-electron chi connectivity index (χ1n) is 9.09. The van der Waals surface area contributed by atoms with Crippen LogP contribution < -0.4 is 0 Å². The average molecular weight is 418 g/mol. The van der Waals surface area contributed by atoms with Crippen LogP contribution in [0.25, 0.3) is 22.0 Å². The van der Waals surface area contributed by atoms with Crippen LogP contribution in [-0.2, 0) is 20.8 Å². The molecule has 0 saturated heterocycles. The molecule has 8 heteroatoms. The first-order chi connectivity index (χ1) is 13.2. The lowest BCUT2D eigenvalue weighted by atomic mass is 9.97. The van der Waals surface area contributed by atoms with E-state index in [1.165, 1.54) is 6.26 Å². The molecule has 1 saturated carbocycles. The fourth-order valence-electron chi connectivity index (χ4n) is 3.63. The standard InChI is InChI=1S/C20H23N3O3S2/c1-12-11-14(7-10-17(12)28(4,25)26)18-16(27(24)23(2)3)9-8-15-19(18)20(22-21-15)13-5-6-13/h7-11,13H,5-6H2,1-4H3,(H,21,22). The van der Waals surface area contributed by atoms with Gasteiger partial charge >= 0.3 is 0 Å². The van der Waals surface area contributed by atoms with Crippen LogP contribution in [0.15, 0.2) is 40.1 Å². The van der Waals surface area contributed by atoms with Gasteiger partial charge in [-0.2, -0.15) is 5.10 Å². The predicted octanol–water partition coefficient (Wildman–Crippen LogP) is 3.40. The van der Waals surface area contributed by atoms with Crippen molar-refractivity contribution in [2.75, 3.05) is 20.4 Å². The van der Waals surface area contributed by atoms with Gasteiger partial charge in [0, 0.05) is 28.8 Å². The number of benzene rings is 2. The van der Waals surface area contributed by atoms with Crippen LogP contribution in [0.1, 0.15) is 30.0 Å². The number of rotatable bonds is 5. The van der Waals surface area contributed by atoms with Gasteiger partial charge in [0.1, 0.15) is 11.0 Å². The largest absolute Gasteiger partial charge is 0.281 e. The highest BCUT2D eigenvalue weighted by molar-refractivity contribution is 7.90. The van der Waals surface area contributed by atoms with Crippen LogP contribution in [0.4, 0.5) is 0 Å². The van der Waals surface area contributed by atoms with Gasteiger partial charge in [0.2, 0.25) is 0 Å². The van der Waals surface area contributed by atoms with Gasteiger partial charge in [0.15, 0.2) is 9.84 Å². The monoisotopic (exact) mass is 417 g/mol. The molecule has 1 atom stereocenters. The Labute approximate surface area is 167 Å². The van der Waals surface area contributed by atoms with Gasteiger partial charge < -0.3 is 0 Å². The predicted molar refractivity (Wildman–Crippen MR) is 111 cm³/mol. The molecule has 1 aliphatic carbocycles. The van der Waals surface area contributed by atoms with E-state index in [1.54, 1.807) is 37.5 Å². The van der Waals surface area contributed by atoms with Gasteiger partial charge in [-0.15, -0.1) is 0 Å². The summed E-state index contributed by atoms with van der Waals surface area (Å²) in [5.74, 6) is 0.447. The Balaban J connectivity index is 2.03. The molecule has 28 heavy (non-hydrogen) atoms. The molecule has 1 aromatic heterocycles. The van der Waals surface area contributed by atoms with Crippen molar-refractivity contribution < 1.29 is 12.6 Å². The molecular formula is C20H23N3O3S2. The minimum Gasteiger partial charge on any atom is -0.281 e. The molecule has 2 aromatic carbocycles. The molecule has 1 aliphatic rings. The molecule has 148 valence electrons. The minimum absolute atomic E-state index is 0.313. The molecular weight excluding hydrogens is 394 g/mol. The Kier molecular flexibility index (Phi) is 4.68. The van der Waals surface area contributed by atoms with Crippen LogP contribution in [0, 0.1) is 6.92 Å². The van der Waals surface area contributed by atoms with E-state index < -0.39 is 20.8 Å². The number of hydrogen-bond donors (Lipinski definition) is 1. The van der Waals surface area contributed by atoms with Crippen molar-refractivity contribution in [1.82, 2.24) is 14.5 Å². The zero-order valence-corrected chi connectivity index (χ0v) is 17.9. The van der Waals surface area contributed by atoms with Crippen molar-refractivity contribution in [1.29, 1.82) is 0 Å². The number of fused-ring (bicyclic) bond motifs is 1. The van der Waals surface area contributed by atoms with Crippen molar-refractivity contribution in [2.24, 2.45) is 0 Å². The van der Waals surface area contributed by atoms with Gasteiger partial charge in [-0.3, -0.25) is 5.10 Å². The SMILES string of the molecule is Cc1cc(-c2c(S(=O)N(C)C)ccc3n[nH]c(C4CC4)c23)ccc1S(C)(=O)=O. The zero-order chi connectivity index (χ0) is 20.2. The molecule has 0 bridgehead atoms. The topological polar surface area (TPSA) is 83.1 Å². The van der Waals surface area contributed by atoms with E-state index in [9.17, 15) is 12.6 Å². The fourth-order valence-corrected chi connectivity index (χ4v) is 5.56. The summed E-state index contributed by atoms with van der Waals surface area (Å²) >= 11 is 0.